The highest BCUT2D eigenvalue weighted by molar-refractivity contribution is 5.38. The summed E-state index contributed by atoms with van der Waals surface area (Å²) in [6.45, 7) is 0.572. The molecule has 1 aliphatic heterocycles. The summed E-state index contributed by atoms with van der Waals surface area (Å²) in [5, 5.41) is 2.75. The van der Waals surface area contributed by atoms with Crippen molar-refractivity contribution in [3.8, 4) is 0 Å². The van der Waals surface area contributed by atoms with Crippen LogP contribution in [0.4, 0.5) is 26.3 Å². The van der Waals surface area contributed by atoms with Gasteiger partial charge >= 0.3 is 12.4 Å². The minimum Gasteiger partial charge on any atom is -0.310 e. The number of rotatable bonds is 1. The Bertz CT molecular complexity index is 444. The molecule has 0 aliphatic carbocycles. The Labute approximate surface area is 98.8 Å². The molecule has 1 N–H and O–H groups in total. The van der Waals surface area contributed by atoms with E-state index < -0.39 is 29.5 Å². The third-order valence-electron chi connectivity index (χ3n) is 2.89. The van der Waals surface area contributed by atoms with E-state index >= 15 is 0 Å². The van der Waals surface area contributed by atoms with E-state index in [2.05, 4.69) is 5.32 Å². The smallest absolute Gasteiger partial charge is 0.310 e. The molecule has 1 heterocycles. The zero-order valence-electron chi connectivity index (χ0n) is 8.99. The molecule has 0 aromatic heterocycles. The minimum atomic E-state index is -4.78. The number of benzene rings is 1. The summed E-state index contributed by atoms with van der Waals surface area (Å²) >= 11 is 0. The van der Waals surface area contributed by atoms with Crippen molar-refractivity contribution in [2.75, 3.05) is 6.54 Å². The molecular formula is C11H9F6N. The Morgan fingerprint density at radius 1 is 1.00 bits per heavy atom. The van der Waals surface area contributed by atoms with Gasteiger partial charge in [-0.3, -0.25) is 0 Å². The predicted molar refractivity (Wildman–Crippen MR) is 51.8 cm³/mol. The zero-order chi connectivity index (χ0) is 13.6. The fourth-order valence-electron chi connectivity index (χ4n) is 1.84. The Kier molecular flexibility index (Phi) is 3.04. The van der Waals surface area contributed by atoms with Crippen molar-refractivity contribution >= 4 is 0 Å². The summed E-state index contributed by atoms with van der Waals surface area (Å²) in [4.78, 5) is 0. The van der Waals surface area contributed by atoms with E-state index in [0.717, 1.165) is 6.07 Å². The summed E-state index contributed by atoms with van der Waals surface area (Å²) in [6, 6.07) is 1.26. The Balaban J connectivity index is 2.48. The van der Waals surface area contributed by atoms with E-state index in [9.17, 15) is 26.3 Å². The van der Waals surface area contributed by atoms with Gasteiger partial charge in [0.2, 0.25) is 0 Å². The molecule has 1 atom stereocenters. The first-order valence-electron chi connectivity index (χ1n) is 5.21. The van der Waals surface area contributed by atoms with Gasteiger partial charge in [0.25, 0.3) is 0 Å². The van der Waals surface area contributed by atoms with Gasteiger partial charge < -0.3 is 5.32 Å². The van der Waals surface area contributed by atoms with Crippen LogP contribution in [0.1, 0.15) is 29.2 Å². The van der Waals surface area contributed by atoms with Crippen molar-refractivity contribution in [1.29, 1.82) is 0 Å². The molecule has 1 saturated heterocycles. The summed E-state index contributed by atoms with van der Waals surface area (Å²) in [5.74, 6) is 0. The topological polar surface area (TPSA) is 12.0 Å². The molecule has 1 nitrogen and oxygen atoms in total. The number of nitrogens with one attached hydrogen (secondary N) is 1. The Morgan fingerprint density at radius 2 is 1.61 bits per heavy atom. The van der Waals surface area contributed by atoms with Gasteiger partial charge in [-0.2, -0.15) is 26.3 Å². The van der Waals surface area contributed by atoms with Crippen molar-refractivity contribution in [3.63, 3.8) is 0 Å². The van der Waals surface area contributed by atoms with Crippen molar-refractivity contribution in [3.05, 3.63) is 34.9 Å². The maximum atomic E-state index is 12.7. The number of alkyl halides is 6. The normalized spacial score (nSPS) is 20.7. The third kappa shape index (κ3) is 2.45. The van der Waals surface area contributed by atoms with E-state index in [1.807, 2.05) is 0 Å². The Hall–Kier alpha value is -1.24. The molecule has 1 aromatic rings. The second kappa shape index (κ2) is 4.15. The molecule has 7 heteroatoms. The van der Waals surface area contributed by atoms with Crippen molar-refractivity contribution in [2.45, 2.75) is 24.8 Å². The van der Waals surface area contributed by atoms with Gasteiger partial charge in [0.1, 0.15) is 0 Å². The largest absolute Gasteiger partial charge is 0.416 e. The van der Waals surface area contributed by atoms with Crippen LogP contribution in [0.25, 0.3) is 0 Å². The van der Waals surface area contributed by atoms with E-state index in [-0.39, 0.29) is 11.6 Å². The third-order valence-corrected chi connectivity index (χ3v) is 2.89. The van der Waals surface area contributed by atoms with Crippen LogP contribution in [0.5, 0.6) is 0 Å². The van der Waals surface area contributed by atoms with Gasteiger partial charge in [0, 0.05) is 6.04 Å². The summed E-state index contributed by atoms with van der Waals surface area (Å²) < 4.78 is 75.4. The first-order chi connectivity index (χ1) is 8.19. The lowest BCUT2D eigenvalue weighted by molar-refractivity contribution is -0.143. The van der Waals surface area contributed by atoms with Gasteiger partial charge in [-0.25, -0.2) is 0 Å². The molecule has 0 bridgehead atoms. The molecule has 100 valence electrons. The predicted octanol–water partition coefficient (Wildman–Crippen LogP) is 3.76. The van der Waals surface area contributed by atoms with Crippen LogP contribution in [0.2, 0.25) is 0 Å². The number of halogens is 6. The molecular weight excluding hydrogens is 260 g/mol. The van der Waals surface area contributed by atoms with Gasteiger partial charge in [0.05, 0.1) is 11.1 Å². The molecule has 1 fully saturated rings. The highest BCUT2D eigenvalue weighted by Gasteiger charge is 2.40. The zero-order valence-corrected chi connectivity index (χ0v) is 8.99. The molecule has 0 spiro atoms. The van der Waals surface area contributed by atoms with Crippen molar-refractivity contribution < 1.29 is 26.3 Å². The van der Waals surface area contributed by atoms with E-state index in [0.29, 0.717) is 19.0 Å². The van der Waals surface area contributed by atoms with Crippen LogP contribution in [0.15, 0.2) is 18.2 Å². The molecule has 2 rings (SSSR count). The summed E-state index contributed by atoms with van der Waals surface area (Å²) in [7, 11) is 0. The van der Waals surface area contributed by atoms with Gasteiger partial charge in [-0.1, -0.05) is 6.07 Å². The van der Waals surface area contributed by atoms with Crippen molar-refractivity contribution in [2.24, 2.45) is 0 Å². The summed E-state index contributed by atoms with van der Waals surface area (Å²) in [6.07, 6.45) is -9.06. The fraction of sp³-hybridized carbons (Fsp3) is 0.455. The molecule has 0 saturated carbocycles. The maximum absolute atomic E-state index is 12.7. The van der Waals surface area contributed by atoms with Crippen molar-refractivity contribution in [1.82, 2.24) is 5.32 Å². The quantitative estimate of drug-likeness (QED) is 0.765. The number of hydrogen-bond acceptors (Lipinski definition) is 1. The highest BCUT2D eigenvalue weighted by Crippen LogP contribution is 2.40. The molecule has 1 aromatic carbocycles. The highest BCUT2D eigenvalue weighted by atomic mass is 19.4. The van der Waals surface area contributed by atoms with E-state index in [1.165, 1.54) is 0 Å². The molecule has 0 unspecified atom stereocenters. The molecule has 1 aliphatic rings. The van der Waals surface area contributed by atoms with Crippen LogP contribution < -0.4 is 5.32 Å². The standard InChI is InChI=1S/C11H9F6N/c12-10(13,14)6-1-2-7(9-3-4-18-9)8(5-6)11(15,16)17/h1-2,5,9,18H,3-4H2/t9-/m1/s1. The lowest BCUT2D eigenvalue weighted by Crippen LogP contribution is -2.36. The SMILES string of the molecule is FC(F)(F)c1ccc([C@H]2CCN2)c(C(F)(F)F)c1. The van der Waals surface area contributed by atoms with E-state index in [1.54, 1.807) is 0 Å². The van der Waals surface area contributed by atoms with Gasteiger partial charge in [-0.05, 0) is 30.7 Å². The van der Waals surface area contributed by atoms with Crippen LogP contribution in [-0.2, 0) is 12.4 Å². The molecule has 18 heavy (non-hydrogen) atoms. The van der Waals surface area contributed by atoms with Gasteiger partial charge in [-0.15, -0.1) is 0 Å². The van der Waals surface area contributed by atoms with Crippen LogP contribution in [0, 0.1) is 0 Å². The van der Waals surface area contributed by atoms with Crippen LogP contribution in [0.3, 0.4) is 0 Å². The average Bonchev–Trinajstić information content (AvgIpc) is 2.11. The molecule has 0 amide bonds. The average molecular weight is 269 g/mol. The Morgan fingerprint density at radius 3 is 2.00 bits per heavy atom. The van der Waals surface area contributed by atoms with Crippen LogP contribution >= 0.6 is 0 Å². The molecule has 0 radical (unpaired) electrons. The van der Waals surface area contributed by atoms with Gasteiger partial charge in [0.15, 0.2) is 0 Å². The summed E-state index contributed by atoms with van der Waals surface area (Å²) in [5.41, 5.74) is -2.62. The maximum Gasteiger partial charge on any atom is 0.416 e. The second-order valence-corrected chi connectivity index (χ2v) is 4.09. The fourth-order valence-corrected chi connectivity index (χ4v) is 1.84. The van der Waals surface area contributed by atoms with Crippen LogP contribution in [-0.4, -0.2) is 6.54 Å². The number of hydrogen-bond donors (Lipinski definition) is 1. The van der Waals surface area contributed by atoms with E-state index in [4.69, 9.17) is 0 Å². The lowest BCUT2D eigenvalue weighted by Gasteiger charge is -2.30. The first kappa shape index (κ1) is 13.2. The first-order valence-corrected chi connectivity index (χ1v) is 5.21. The second-order valence-electron chi connectivity index (χ2n) is 4.09. The minimum absolute atomic E-state index is 0.123. The monoisotopic (exact) mass is 269 g/mol. The lowest BCUT2D eigenvalue weighted by atomic mass is 9.92.